The molecule has 114 valence electrons. The summed E-state index contributed by atoms with van der Waals surface area (Å²) >= 11 is 5.93. The van der Waals surface area contributed by atoms with Crippen molar-refractivity contribution < 1.29 is 16.8 Å². The Bertz CT molecular complexity index is 689. The first-order valence-corrected chi connectivity index (χ1v) is 10.0. The van der Waals surface area contributed by atoms with Crippen molar-refractivity contribution in [2.24, 2.45) is 5.92 Å². The Kier molecular flexibility index (Phi) is 5.34. The zero-order valence-corrected chi connectivity index (χ0v) is 14.3. The van der Waals surface area contributed by atoms with Crippen LogP contribution in [-0.2, 0) is 19.1 Å². The molecule has 0 heterocycles. The minimum absolute atomic E-state index is 0.0171. The summed E-state index contributed by atoms with van der Waals surface area (Å²) in [4.78, 5) is -0.173. The van der Waals surface area contributed by atoms with E-state index in [9.17, 15) is 16.8 Å². The zero-order valence-electron chi connectivity index (χ0n) is 11.1. The molecule has 1 aromatic rings. The molecule has 20 heavy (non-hydrogen) atoms. The first-order chi connectivity index (χ1) is 8.92. The van der Waals surface area contributed by atoms with Gasteiger partial charge in [0.15, 0.2) is 0 Å². The van der Waals surface area contributed by atoms with Crippen molar-refractivity contribution in [3.05, 3.63) is 22.7 Å². The topological polar surface area (TPSA) is 80.3 Å². The molecule has 0 aromatic heterocycles. The van der Waals surface area contributed by atoms with E-state index in [0.717, 1.165) is 6.07 Å². The maximum atomic E-state index is 11.9. The first kappa shape index (κ1) is 17.6. The highest BCUT2D eigenvalue weighted by atomic mass is 35.7. The van der Waals surface area contributed by atoms with Gasteiger partial charge < -0.3 is 0 Å². The Morgan fingerprint density at radius 1 is 1.20 bits per heavy atom. The van der Waals surface area contributed by atoms with Crippen molar-refractivity contribution in [2.45, 2.75) is 25.7 Å². The van der Waals surface area contributed by atoms with Crippen LogP contribution in [0.2, 0.25) is 5.02 Å². The molecule has 0 spiro atoms. The van der Waals surface area contributed by atoms with Crippen molar-refractivity contribution in [1.29, 1.82) is 0 Å². The van der Waals surface area contributed by atoms with Gasteiger partial charge in [-0.15, -0.1) is 0 Å². The van der Waals surface area contributed by atoms with Gasteiger partial charge in [0.1, 0.15) is 0 Å². The number of aryl methyl sites for hydroxylation is 1. The molecule has 1 aromatic carbocycles. The molecule has 0 bridgehead atoms. The second-order valence-electron chi connectivity index (χ2n) is 4.81. The maximum absolute atomic E-state index is 11.9. The molecule has 0 amide bonds. The monoisotopic (exact) mass is 359 g/mol. The average molecular weight is 360 g/mol. The van der Waals surface area contributed by atoms with Gasteiger partial charge in [0.2, 0.25) is 10.0 Å². The van der Waals surface area contributed by atoms with Crippen LogP contribution in [0, 0.1) is 12.8 Å². The Morgan fingerprint density at radius 3 is 2.15 bits per heavy atom. The Labute approximate surface area is 128 Å². The van der Waals surface area contributed by atoms with E-state index in [4.69, 9.17) is 22.3 Å². The summed E-state index contributed by atoms with van der Waals surface area (Å²) in [5, 5.41) is -0.0171. The van der Waals surface area contributed by atoms with Crippen LogP contribution in [-0.4, -0.2) is 22.6 Å². The fourth-order valence-electron chi connectivity index (χ4n) is 1.62. The average Bonchev–Trinajstić information content (AvgIpc) is 2.19. The van der Waals surface area contributed by atoms with Gasteiger partial charge in [-0.3, -0.25) is 4.72 Å². The molecular weight excluding hydrogens is 345 g/mol. The minimum atomic E-state index is -3.92. The highest BCUT2D eigenvalue weighted by Gasteiger charge is 2.19. The number of rotatable bonds is 5. The normalized spacial score (nSPS) is 12.7. The van der Waals surface area contributed by atoms with Crippen molar-refractivity contribution in [1.82, 2.24) is 0 Å². The number of halogens is 2. The van der Waals surface area contributed by atoms with E-state index in [1.807, 2.05) is 0 Å². The van der Waals surface area contributed by atoms with Crippen molar-refractivity contribution in [3.8, 4) is 0 Å². The molecule has 0 radical (unpaired) electrons. The van der Waals surface area contributed by atoms with E-state index in [0.29, 0.717) is 5.56 Å². The molecule has 0 aliphatic carbocycles. The fourth-order valence-corrected chi connectivity index (χ4v) is 4.44. The van der Waals surface area contributed by atoms with E-state index in [2.05, 4.69) is 4.72 Å². The van der Waals surface area contributed by atoms with E-state index >= 15 is 0 Å². The molecule has 0 aliphatic heterocycles. The van der Waals surface area contributed by atoms with Crippen molar-refractivity contribution in [2.75, 3.05) is 10.5 Å². The van der Waals surface area contributed by atoms with E-state index in [1.54, 1.807) is 20.8 Å². The molecule has 5 nitrogen and oxygen atoms in total. The summed E-state index contributed by atoms with van der Waals surface area (Å²) in [5.41, 5.74) is 0.542. The number of sulfonamides is 1. The van der Waals surface area contributed by atoms with E-state index in [1.165, 1.54) is 6.07 Å². The summed E-state index contributed by atoms with van der Waals surface area (Å²) in [6.45, 7) is 5.10. The van der Waals surface area contributed by atoms with Gasteiger partial charge >= 0.3 is 0 Å². The third kappa shape index (κ3) is 4.80. The van der Waals surface area contributed by atoms with Gasteiger partial charge in [0, 0.05) is 10.7 Å². The lowest BCUT2D eigenvalue weighted by molar-refractivity contribution is 0.587. The van der Waals surface area contributed by atoms with Gasteiger partial charge in [-0.1, -0.05) is 25.4 Å². The van der Waals surface area contributed by atoms with Crippen LogP contribution >= 0.6 is 22.3 Å². The number of benzene rings is 1. The van der Waals surface area contributed by atoms with Crippen LogP contribution in [0.4, 0.5) is 5.69 Å². The summed E-state index contributed by atoms with van der Waals surface area (Å²) < 4.78 is 48.6. The van der Waals surface area contributed by atoms with Gasteiger partial charge in [0.05, 0.1) is 21.4 Å². The third-order valence-electron chi connectivity index (χ3n) is 2.35. The summed E-state index contributed by atoms with van der Waals surface area (Å²) in [7, 11) is -2.23. The van der Waals surface area contributed by atoms with Crippen LogP contribution < -0.4 is 4.72 Å². The Balaban J connectivity index is 3.23. The van der Waals surface area contributed by atoms with Crippen LogP contribution in [0.1, 0.15) is 19.4 Å². The lowest BCUT2D eigenvalue weighted by atomic mass is 10.2. The standard InChI is InChI=1S/C11H15Cl2NO4S2/c1-7(2)6-19(15,16)14-11-8(3)4-9(5-10(11)12)20(13,17)18/h4-5,7,14H,6H2,1-3H3. The molecule has 0 fully saturated rings. The highest BCUT2D eigenvalue weighted by molar-refractivity contribution is 8.13. The molecular formula is C11H15Cl2NO4S2. The summed E-state index contributed by atoms with van der Waals surface area (Å²) in [6.07, 6.45) is 0. The van der Waals surface area contributed by atoms with Gasteiger partial charge in [0.25, 0.3) is 9.05 Å². The lowest BCUT2D eigenvalue weighted by Gasteiger charge is -2.14. The summed E-state index contributed by atoms with van der Waals surface area (Å²) in [6, 6.07) is 2.38. The Morgan fingerprint density at radius 2 is 1.75 bits per heavy atom. The lowest BCUT2D eigenvalue weighted by Crippen LogP contribution is -2.20. The van der Waals surface area contributed by atoms with Crippen molar-refractivity contribution >= 4 is 47.0 Å². The van der Waals surface area contributed by atoms with Crippen LogP contribution in [0.3, 0.4) is 0 Å². The number of hydrogen-bond acceptors (Lipinski definition) is 4. The van der Waals surface area contributed by atoms with E-state index < -0.39 is 19.1 Å². The van der Waals surface area contributed by atoms with Gasteiger partial charge in [-0.2, -0.15) is 0 Å². The second kappa shape index (κ2) is 6.09. The van der Waals surface area contributed by atoms with Crippen LogP contribution in [0.25, 0.3) is 0 Å². The van der Waals surface area contributed by atoms with Gasteiger partial charge in [-0.25, -0.2) is 16.8 Å². The molecule has 0 saturated carbocycles. The predicted molar refractivity (Wildman–Crippen MR) is 81.5 cm³/mol. The smallest absolute Gasteiger partial charge is 0.261 e. The largest absolute Gasteiger partial charge is 0.282 e. The molecule has 0 aliphatic rings. The SMILES string of the molecule is Cc1cc(S(=O)(=O)Cl)cc(Cl)c1NS(=O)(=O)CC(C)C. The van der Waals surface area contributed by atoms with Crippen LogP contribution in [0.15, 0.2) is 17.0 Å². The third-order valence-corrected chi connectivity index (χ3v) is 5.60. The Hall–Kier alpha value is -0.500. The minimum Gasteiger partial charge on any atom is -0.282 e. The summed E-state index contributed by atoms with van der Waals surface area (Å²) in [5.74, 6) is -0.104. The molecule has 0 saturated heterocycles. The van der Waals surface area contributed by atoms with Gasteiger partial charge in [-0.05, 0) is 30.5 Å². The predicted octanol–water partition coefficient (Wildman–Crippen LogP) is 2.97. The second-order valence-corrected chi connectivity index (χ2v) is 9.55. The quantitative estimate of drug-likeness (QED) is 0.819. The molecule has 1 N–H and O–H groups in total. The molecule has 1 rings (SSSR count). The zero-order chi connectivity index (χ0) is 15.7. The van der Waals surface area contributed by atoms with E-state index in [-0.39, 0.29) is 27.3 Å². The number of nitrogens with one attached hydrogen (secondary N) is 1. The number of anilines is 1. The fraction of sp³-hybridized carbons (Fsp3) is 0.455. The van der Waals surface area contributed by atoms with Crippen LogP contribution in [0.5, 0.6) is 0 Å². The molecule has 9 heteroatoms. The van der Waals surface area contributed by atoms with Crippen molar-refractivity contribution in [3.63, 3.8) is 0 Å². The first-order valence-electron chi connectivity index (χ1n) is 5.67. The highest BCUT2D eigenvalue weighted by Crippen LogP contribution is 2.31. The molecule has 0 atom stereocenters. The maximum Gasteiger partial charge on any atom is 0.261 e. The number of hydrogen-bond donors (Lipinski definition) is 1. The molecule has 0 unspecified atom stereocenters.